The van der Waals surface area contributed by atoms with Gasteiger partial charge in [0.25, 0.3) is 0 Å². The highest BCUT2D eigenvalue weighted by atomic mass is 16.3. The molecule has 1 saturated carbocycles. The van der Waals surface area contributed by atoms with Crippen molar-refractivity contribution in [2.75, 3.05) is 0 Å². The summed E-state index contributed by atoms with van der Waals surface area (Å²) in [7, 11) is 0. The predicted molar refractivity (Wildman–Crippen MR) is 94.4 cm³/mol. The summed E-state index contributed by atoms with van der Waals surface area (Å²) in [5.41, 5.74) is 2.07. The number of aromatic amines is 1. The minimum Gasteiger partial charge on any atom is -0.461 e. The van der Waals surface area contributed by atoms with Gasteiger partial charge in [-0.25, -0.2) is 0 Å². The Kier molecular flexibility index (Phi) is 3.73. The third kappa shape index (κ3) is 3.13. The zero-order valence-electron chi connectivity index (χ0n) is 13.6. The first-order valence-corrected chi connectivity index (χ1v) is 8.31. The maximum Gasteiger partial charge on any atom is 0.244 e. The summed E-state index contributed by atoms with van der Waals surface area (Å²) in [5.74, 6) is 2.90. The number of para-hydroxylation sites is 1. The van der Waals surface area contributed by atoms with E-state index in [0.29, 0.717) is 18.4 Å². The van der Waals surface area contributed by atoms with Gasteiger partial charge in [0.1, 0.15) is 11.5 Å². The molecule has 2 atom stereocenters. The van der Waals surface area contributed by atoms with Gasteiger partial charge in [0.15, 0.2) is 0 Å². The second kappa shape index (κ2) is 6.04. The molecule has 2 heterocycles. The lowest BCUT2D eigenvalue weighted by Crippen LogP contribution is -2.20. The standard InChI is InChI=1S/C20H20N2O2/c1-13-10-17(13)19-8-6-16(24-19)7-9-20(23)21-12-15-11-14-4-2-3-5-18(14)22-15/h2-9,11,13,17,22H,10,12H2,1H3,(H,21,23). The van der Waals surface area contributed by atoms with Gasteiger partial charge < -0.3 is 14.7 Å². The van der Waals surface area contributed by atoms with E-state index < -0.39 is 0 Å². The van der Waals surface area contributed by atoms with E-state index in [-0.39, 0.29) is 5.91 Å². The zero-order valence-corrected chi connectivity index (χ0v) is 13.6. The van der Waals surface area contributed by atoms with E-state index >= 15 is 0 Å². The Morgan fingerprint density at radius 1 is 1.33 bits per heavy atom. The van der Waals surface area contributed by atoms with Gasteiger partial charge in [0.2, 0.25) is 5.91 Å². The molecular weight excluding hydrogens is 300 g/mol. The smallest absolute Gasteiger partial charge is 0.244 e. The lowest BCUT2D eigenvalue weighted by atomic mass is 10.2. The Morgan fingerprint density at radius 3 is 2.96 bits per heavy atom. The van der Waals surface area contributed by atoms with Crippen molar-refractivity contribution in [2.24, 2.45) is 5.92 Å². The molecule has 24 heavy (non-hydrogen) atoms. The Hall–Kier alpha value is -2.75. The molecule has 4 nitrogen and oxygen atoms in total. The SMILES string of the molecule is CC1CC1c1ccc(C=CC(=O)NCc2cc3ccccc3[nH]2)o1. The minimum atomic E-state index is -0.133. The highest BCUT2D eigenvalue weighted by Crippen LogP contribution is 2.47. The van der Waals surface area contributed by atoms with Gasteiger partial charge >= 0.3 is 0 Å². The number of hydrogen-bond donors (Lipinski definition) is 2. The molecule has 0 spiro atoms. The second-order valence-electron chi connectivity index (χ2n) is 6.49. The topological polar surface area (TPSA) is 58.0 Å². The minimum absolute atomic E-state index is 0.133. The van der Waals surface area contributed by atoms with Crippen LogP contribution in [0.5, 0.6) is 0 Å². The number of fused-ring (bicyclic) bond motifs is 1. The number of H-pyrrole nitrogens is 1. The van der Waals surface area contributed by atoms with Gasteiger partial charge in [0.05, 0.1) is 6.54 Å². The van der Waals surface area contributed by atoms with Crippen LogP contribution in [0.1, 0.15) is 36.5 Å². The van der Waals surface area contributed by atoms with Gasteiger partial charge in [0, 0.05) is 23.2 Å². The highest BCUT2D eigenvalue weighted by molar-refractivity contribution is 5.91. The van der Waals surface area contributed by atoms with Crippen LogP contribution in [0, 0.1) is 5.92 Å². The number of benzene rings is 1. The maximum atomic E-state index is 12.0. The number of hydrogen-bond acceptors (Lipinski definition) is 2. The Morgan fingerprint density at radius 2 is 2.17 bits per heavy atom. The Bertz CT molecular complexity index is 870. The number of amides is 1. The van der Waals surface area contributed by atoms with Crippen LogP contribution in [-0.4, -0.2) is 10.9 Å². The summed E-state index contributed by atoms with van der Waals surface area (Å²) in [4.78, 5) is 15.3. The summed E-state index contributed by atoms with van der Waals surface area (Å²) in [5, 5.41) is 4.03. The molecule has 0 saturated heterocycles. The van der Waals surface area contributed by atoms with Crippen molar-refractivity contribution >= 4 is 22.9 Å². The number of nitrogens with one attached hydrogen (secondary N) is 2. The fourth-order valence-corrected chi connectivity index (χ4v) is 3.00. The van der Waals surface area contributed by atoms with Gasteiger partial charge in [-0.1, -0.05) is 25.1 Å². The van der Waals surface area contributed by atoms with Crippen molar-refractivity contribution in [1.29, 1.82) is 0 Å². The molecule has 1 aliphatic carbocycles. The lowest BCUT2D eigenvalue weighted by Gasteiger charge is -1.99. The fraction of sp³-hybridized carbons (Fsp3) is 0.250. The van der Waals surface area contributed by atoms with E-state index in [2.05, 4.69) is 23.3 Å². The first kappa shape index (κ1) is 14.8. The monoisotopic (exact) mass is 320 g/mol. The molecule has 4 rings (SSSR count). The number of rotatable bonds is 5. The van der Waals surface area contributed by atoms with Gasteiger partial charge in [-0.2, -0.15) is 0 Å². The van der Waals surface area contributed by atoms with E-state index in [1.165, 1.54) is 12.5 Å². The van der Waals surface area contributed by atoms with E-state index in [1.54, 1.807) is 6.08 Å². The zero-order chi connectivity index (χ0) is 16.5. The van der Waals surface area contributed by atoms with Crippen molar-refractivity contribution in [3.05, 3.63) is 65.8 Å². The Labute approximate surface area is 140 Å². The van der Waals surface area contributed by atoms with Crippen LogP contribution in [0.3, 0.4) is 0 Å². The number of aromatic nitrogens is 1. The van der Waals surface area contributed by atoms with Crippen LogP contribution >= 0.6 is 0 Å². The summed E-state index contributed by atoms with van der Waals surface area (Å²) in [6.45, 7) is 2.70. The number of carbonyl (C=O) groups is 1. The largest absolute Gasteiger partial charge is 0.461 e. The summed E-state index contributed by atoms with van der Waals surface area (Å²) in [6, 6.07) is 14.0. The third-order valence-corrected chi connectivity index (χ3v) is 4.56. The fourth-order valence-electron chi connectivity index (χ4n) is 3.00. The molecule has 1 aromatic carbocycles. The second-order valence-corrected chi connectivity index (χ2v) is 6.49. The summed E-state index contributed by atoms with van der Waals surface area (Å²) >= 11 is 0. The molecule has 2 unspecified atom stereocenters. The Balaban J connectivity index is 1.33. The van der Waals surface area contributed by atoms with Crippen molar-refractivity contribution in [3.63, 3.8) is 0 Å². The molecule has 4 heteroatoms. The molecule has 0 bridgehead atoms. The number of carbonyl (C=O) groups excluding carboxylic acids is 1. The van der Waals surface area contributed by atoms with Crippen molar-refractivity contribution in [3.8, 4) is 0 Å². The van der Waals surface area contributed by atoms with Crippen molar-refractivity contribution in [1.82, 2.24) is 10.3 Å². The van der Waals surface area contributed by atoms with Gasteiger partial charge in [-0.15, -0.1) is 0 Å². The first-order valence-electron chi connectivity index (χ1n) is 8.31. The lowest BCUT2D eigenvalue weighted by molar-refractivity contribution is -0.116. The van der Waals surface area contributed by atoms with Gasteiger partial charge in [-0.3, -0.25) is 4.79 Å². The van der Waals surface area contributed by atoms with Crippen molar-refractivity contribution in [2.45, 2.75) is 25.8 Å². The van der Waals surface area contributed by atoms with Crippen LogP contribution in [0.25, 0.3) is 17.0 Å². The van der Waals surface area contributed by atoms with Crippen LogP contribution < -0.4 is 5.32 Å². The van der Waals surface area contributed by atoms with Crippen LogP contribution in [0.15, 0.2) is 53.0 Å². The van der Waals surface area contributed by atoms with Crippen LogP contribution in [0.2, 0.25) is 0 Å². The normalized spacial score (nSPS) is 19.9. The van der Waals surface area contributed by atoms with Crippen LogP contribution in [-0.2, 0) is 11.3 Å². The first-order chi connectivity index (χ1) is 11.7. The molecule has 1 fully saturated rings. The predicted octanol–water partition coefficient (Wildman–Crippen LogP) is 4.21. The average Bonchev–Trinajstić information content (AvgIpc) is 3.02. The highest BCUT2D eigenvalue weighted by Gasteiger charge is 2.36. The van der Waals surface area contributed by atoms with E-state index in [1.807, 2.05) is 36.4 Å². The molecule has 2 aromatic heterocycles. The molecule has 122 valence electrons. The number of furan rings is 1. The van der Waals surface area contributed by atoms with E-state index in [0.717, 1.165) is 28.1 Å². The quantitative estimate of drug-likeness (QED) is 0.692. The maximum absolute atomic E-state index is 12.0. The van der Waals surface area contributed by atoms with E-state index in [4.69, 9.17) is 4.42 Å². The van der Waals surface area contributed by atoms with E-state index in [9.17, 15) is 4.79 Å². The molecule has 0 radical (unpaired) electrons. The molecule has 0 aliphatic heterocycles. The van der Waals surface area contributed by atoms with Gasteiger partial charge in [-0.05, 0) is 48.1 Å². The molecule has 3 aromatic rings. The third-order valence-electron chi connectivity index (χ3n) is 4.56. The summed E-state index contributed by atoms with van der Waals surface area (Å²) < 4.78 is 5.76. The molecule has 1 aliphatic rings. The molecular formula is C20H20N2O2. The molecule has 2 N–H and O–H groups in total. The van der Waals surface area contributed by atoms with Crippen LogP contribution in [0.4, 0.5) is 0 Å². The van der Waals surface area contributed by atoms with Crippen molar-refractivity contribution < 1.29 is 9.21 Å². The summed E-state index contributed by atoms with van der Waals surface area (Å²) in [6.07, 6.45) is 4.43. The molecule has 1 amide bonds. The average molecular weight is 320 g/mol.